The molecule has 6 nitrogen and oxygen atoms in total. The van der Waals surface area contributed by atoms with Crippen molar-refractivity contribution in [3.8, 4) is 0 Å². The van der Waals surface area contributed by atoms with Gasteiger partial charge in [-0.1, -0.05) is 0 Å². The molecule has 0 spiro atoms. The van der Waals surface area contributed by atoms with Gasteiger partial charge in [0.25, 0.3) is 0 Å². The van der Waals surface area contributed by atoms with Crippen molar-refractivity contribution in [2.45, 2.75) is 50.1 Å². The summed E-state index contributed by atoms with van der Waals surface area (Å²) in [7, 11) is 1.52. The number of aliphatic hydroxyl groups excluding tert-OH is 1. The highest BCUT2D eigenvalue weighted by molar-refractivity contribution is 5.77. The lowest BCUT2D eigenvalue weighted by Gasteiger charge is -2.26. The Morgan fingerprint density at radius 1 is 1.55 bits per heavy atom. The number of hydrogen-bond donors (Lipinski definition) is 1. The molecule has 1 N–H and O–H groups in total. The summed E-state index contributed by atoms with van der Waals surface area (Å²) >= 11 is 0. The maximum absolute atomic E-state index is 12.1. The smallest absolute Gasteiger partial charge is 0.312 e. The molecule has 3 rings (SSSR count). The van der Waals surface area contributed by atoms with Crippen LogP contribution in [0.5, 0.6) is 0 Å². The topological polar surface area (TPSA) is 85.4 Å². The average Bonchev–Trinajstić information content (AvgIpc) is 3.00. The lowest BCUT2D eigenvalue weighted by Crippen LogP contribution is -2.37. The Bertz CT molecular complexity index is 501. The van der Waals surface area contributed by atoms with Crippen molar-refractivity contribution < 1.29 is 28.9 Å². The second-order valence-corrected chi connectivity index (χ2v) is 6.63. The van der Waals surface area contributed by atoms with Crippen LogP contribution in [-0.4, -0.2) is 55.0 Å². The SMILES string of the molecule is COC[C@H]1C(=O)O[C@@H]2/C=C(\C=O)CC[C@@H]3O[C@@]3(C)C[C@H](O)[C@H]21. The third kappa shape index (κ3) is 2.71. The minimum absolute atomic E-state index is 0.0564. The standard InChI is InChI=1S/C16H22O6/c1-16-6-11(18)14-10(8-20-2)15(19)21-12(14)5-9(7-17)3-4-13(16)22-16/h5,7,10-14,18H,3-4,6,8H2,1-2H3/b9-5-/t10-,11+,12-,13+,14-,16+/m1/s1. The molecule has 2 saturated heterocycles. The number of carbonyl (C=O) groups excluding carboxylic acids is 2. The predicted octanol–water partition coefficient (Wildman–Crippen LogP) is 0.618. The number of epoxide rings is 1. The van der Waals surface area contributed by atoms with Crippen LogP contribution >= 0.6 is 0 Å². The number of aldehydes is 1. The molecule has 0 aromatic heterocycles. The van der Waals surface area contributed by atoms with E-state index in [0.717, 1.165) is 12.7 Å². The van der Waals surface area contributed by atoms with Crippen molar-refractivity contribution in [2.75, 3.05) is 13.7 Å². The van der Waals surface area contributed by atoms with Gasteiger partial charge in [0, 0.05) is 19.4 Å². The Morgan fingerprint density at radius 2 is 2.32 bits per heavy atom. The van der Waals surface area contributed by atoms with Gasteiger partial charge in [0.05, 0.1) is 30.3 Å². The van der Waals surface area contributed by atoms with Gasteiger partial charge in [-0.3, -0.25) is 9.59 Å². The molecule has 22 heavy (non-hydrogen) atoms. The quantitative estimate of drug-likeness (QED) is 0.467. The number of fused-ring (bicyclic) bond motifs is 2. The molecule has 0 unspecified atom stereocenters. The Kier molecular flexibility index (Phi) is 4.09. The number of ether oxygens (including phenoxy) is 3. The molecule has 2 heterocycles. The van der Waals surface area contributed by atoms with E-state index in [0.29, 0.717) is 18.4 Å². The van der Waals surface area contributed by atoms with Gasteiger partial charge in [-0.25, -0.2) is 0 Å². The maximum Gasteiger partial charge on any atom is 0.312 e. The third-order valence-corrected chi connectivity index (χ3v) is 5.06. The maximum atomic E-state index is 12.1. The van der Waals surface area contributed by atoms with Crippen molar-refractivity contribution in [3.63, 3.8) is 0 Å². The van der Waals surface area contributed by atoms with Crippen LogP contribution in [0.4, 0.5) is 0 Å². The minimum Gasteiger partial charge on any atom is -0.457 e. The first kappa shape index (κ1) is 15.6. The number of methoxy groups -OCH3 is 1. The van der Waals surface area contributed by atoms with Crippen molar-refractivity contribution >= 4 is 12.3 Å². The van der Waals surface area contributed by atoms with Gasteiger partial charge in [-0.2, -0.15) is 0 Å². The molecule has 2 fully saturated rings. The first-order valence-corrected chi connectivity index (χ1v) is 7.69. The molecule has 6 atom stereocenters. The Morgan fingerprint density at radius 3 is 3.00 bits per heavy atom. The molecular weight excluding hydrogens is 288 g/mol. The van der Waals surface area contributed by atoms with Crippen LogP contribution in [-0.2, 0) is 23.8 Å². The van der Waals surface area contributed by atoms with Crippen LogP contribution < -0.4 is 0 Å². The summed E-state index contributed by atoms with van der Waals surface area (Å²) in [5.74, 6) is -1.31. The first-order chi connectivity index (χ1) is 10.5. The largest absolute Gasteiger partial charge is 0.457 e. The molecule has 0 aromatic carbocycles. The van der Waals surface area contributed by atoms with Crippen LogP contribution in [0.3, 0.4) is 0 Å². The molecule has 0 bridgehead atoms. The van der Waals surface area contributed by atoms with E-state index in [2.05, 4.69) is 0 Å². The highest BCUT2D eigenvalue weighted by Crippen LogP contribution is 2.47. The third-order valence-electron chi connectivity index (χ3n) is 5.06. The molecule has 3 aliphatic rings. The van der Waals surface area contributed by atoms with Gasteiger partial charge < -0.3 is 19.3 Å². The summed E-state index contributed by atoms with van der Waals surface area (Å²) in [6.07, 6.45) is 2.99. The fourth-order valence-corrected chi connectivity index (χ4v) is 3.75. The monoisotopic (exact) mass is 310 g/mol. The van der Waals surface area contributed by atoms with Gasteiger partial charge in [0.1, 0.15) is 12.4 Å². The Hall–Kier alpha value is -1.24. The van der Waals surface area contributed by atoms with E-state index in [4.69, 9.17) is 14.2 Å². The lowest BCUT2D eigenvalue weighted by molar-refractivity contribution is -0.144. The zero-order valence-corrected chi connectivity index (χ0v) is 12.9. The van der Waals surface area contributed by atoms with Crippen LogP contribution in [0.15, 0.2) is 11.6 Å². The number of carbonyl (C=O) groups is 2. The van der Waals surface area contributed by atoms with Gasteiger partial charge in [0.2, 0.25) is 0 Å². The van der Waals surface area contributed by atoms with Gasteiger partial charge in [-0.15, -0.1) is 0 Å². The normalized spacial score (nSPS) is 46.8. The molecule has 0 amide bonds. The van der Waals surface area contributed by atoms with Crippen LogP contribution in [0.1, 0.15) is 26.2 Å². The number of esters is 1. The molecule has 0 aromatic rings. The molecule has 0 saturated carbocycles. The van der Waals surface area contributed by atoms with E-state index in [1.54, 1.807) is 6.08 Å². The van der Waals surface area contributed by atoms with Crippen molar-refractivity contribution in [2.24, 2.45) is 11.8 Å². The van der Waals surface area contributed by atoms with Crippen molar-refractivity contribution in [3.05, 3.63) is 11.6 Å². The summed E-state index contributed by atoms with van der Waals surface area (Å²) < 4.78 is 16.2. The van der Waals surface area contributed by atoms with E-state index in [9.17, 15) is 14.7 Å². The second kappa shape index (κ2) is 5.76. The lowest BCUT2D eigenvalue weighted by atomic mass is 9.80. The Balaban J connectivity index is 1.92. The Labute approximate surface area is 129 Å². The van der Waals surface area contributed by atoms with Gasteiger partial charge >= 0.3 is 5.97 Å². The summed E-state index contributed by atoms with van der Waals surface area (Å²) in [5, 5.41) is 10.7. The minimum atomic E-state index is -0.742. The number of aliphatic hydroxyl groups is 1. The number of allylic oxidation sites excluding steroid dienone is 1. The highest BCUT2D eigenvalue weighted by Gasteiger charge is 2.56. The fourth-order valence-electron chi connectivity index (χ4n) is 3.75. The van der Waals surface area contributed by atoms with E-state index < -0.39 is 24.0 Å². The molecule has 0 radical (unpaired) electrons. The molecule has 2 aliphatic heterocycles. The van der Waals surface area contributed by atoms with Gasteiger partial charge in [0.15, 0.2) is 0 Å². The highest BCUT2D eigenvalue weighted by atomic mass is 16.6. The number of rotatable bonds is 3. The van der Waals surface area contributed by atoms with Crippen LogP contribution in [0, 0.1) is 11.8 Å². The fraction of sp³-hybridized carbons (Fsp3) is 0.750. The first-order valence-electron chi connectivity index (χ1n) is 7.69. The van der Waals surface area contributed by atoms with E-state index in [1.807, 2.05) is 6.92 Å². The summed E-state index contributed by atoms with van der Waals surface area (Å²) in [6.45, 7) is 2.16. The molecular formula is C16H22O6. The zero-order valence-electron chi connectivity index (χ0n) is 12.9. The van der Waals surface area contributed by atoms with E-state index >= 15 is 0 Å². The zero-order chi connectivity index (χ0) is 15.9. The number of hydrogen-bond acceptors (Lipinski definition) is 6. The second-order valence-electron chi connectivity index (χ2n) is 6.63. The summed E-state index contributed by atoms with van der Waals surface area (Å²) in [5.41, 5.74) is 0.214. The molecule has 1 aliphatic carbocycles. The summed E-state index contributed by atoms with van der Waals surface area (Å²) in [4.78, 5) is 23.3. The summed E-state index contributed by atoms with van der Waals surface area (Å²) in [6, 6.07) is 0. The molecule has 122 valence electrons. The van der Waals surface area contributed by atoms with Crippen LogP contribution in [0.2, 0.25) is 0 Å². The van der Waals surface area contributed by atoms with Crippen LogP contribution in [0.25, 0.3) is 0 Å². The van der Waals surface area contributed by atoms with Crippen molar-refractivity contribution in [1.29, 1.82) is 0 Å². The van der Waals surface area contributed by atoms with E-state index in [1.165, 1.54) is 7.11 Å². The van der Waals surface area contributed by atoms with E-state index in [-0.39, 0.29) is 24.3 Å². The predicted molar refractivity (Wildman–Crippen MR) is 76.0 cm³/mol. The van der Waals surface area contributed by atoms with Gasteiger partial charge in [-0.05, 0) is 31.4 Å². The average molecular weight is 310 g/mol. The van der Waals surface area contributed by atoms with Crippen molar-refractivity contribution in [1.82, 2.24) is 0 Å². The molecule has 6 heteroatoms.